The second kappa shape index (κ2) is 5.67. The van der Waals surface area contributed by atoms with E-state index in [1.54, 1.807) is 13.2 Å². The largest absolute Gasteiger partial charge is 0.478 e. The van der Waals surface area contributed by atoms with Gasteiger partial charge in [-0.15, -0.1) is 0 Å². The highest BCUT2D eigenvalue weighted by atomic mass is 35.5. The van der Waals surface area contributed by atoms with Crippen LogP contribution in [-0.2, 0) is 22.6 Å². The van der Waals surface area contributed by atoms with E-state index in [1.807, 2.05) is 0 Å². The molecule has 0 saturated carbocycles. The zero-order chi connectivity index (χ0) is 15.8. The van der Waals surface area contributed by atoms with Crippen molar-refractivity contribution in [3.05, 3.63) is 45.7 Å². The average Bonchev–Trinajstić information content (AvgIpc) is 2.72. The van der Waals surface area contributed by atoms with Gasteiger partial charge in [0.05, 0.1) is 32.5 Å². The second-order valence-corrected chi connectivity index (χ2v) is 7.06. The molecule has 0 saturated heterocycles. The SMILES string of the molecule is Cn1cc(CS(=O)(=O)c2ccc(Cl)c(C(=O)O)c2Cl)cn1. The molecule has 0 unspecified atom stereocenters. The van der Waals surface area contributed by atoms with Crippen molar-refractivity contribution in [3.63, 3.8) is 0 Å². The molecule has 0 aliphatic carbocycles. The van der Waals surface area contributed by atoms with Crippen molar-refractivity contribution in [2.24, 2.45) is 7.05 Å². The first-order valence-electron chi connectivity index (χ1n) is 5.64. The van der Waals surface area contributed by atoms with Crippen LogP contribution in [-0.4, -0.2) is 29.3 Å². The molecule has 6 nitrogen and oxygen atoms in total. The lowest BCUT2D eigenvalue weighted by atomic mass is 10.2. The minimum Gasteiger partial charge on any atom is -0.478 e. The summed E-state index contributed by atoms with van der Waals surface area (Å²) in [4.78, 5) is 10.8. The third-order valence-electron chi connectivity index (χ3n) is 2.72. The summed E-state index contributed by atoms with van der Waals surface area (Å²) in [6.45, 7) is 0. The van der Waals surface area contributed by atoms with Gasteiger partial charge >= 0.3 is 5.97 Å². The minimum absolute atomic E-state index is 0.118. The van der Waals surface area contributed by atoms with Gasteiger partial charge in [-0.2, -0.15) is 5.10 Å². The van der Waals surface area contributed by atoms with Gasteiger partial charge in [-0.25, -0.2) is 13.2 Å². The second-order valence-electron chi connectivity index (χ2n) is 4.32. The molecule has 0 spiro atoms. The smallest absolute Gasteiger partial charge is 0.338 e. The van der Waals surface area contributed by atoms with E-state index in [9.17, 15) is 13.2 Å². The lowest BCUT2D eigenvalue weighted by Crippen LogP contribution is -2.09. The predicted octanol–water partition coefficient (Wildman–Crippen LogP) is 2.40. The molecule has 0 amide bonds. The summed E-state index contributed by atoms with van der Waals surface area (Å²) in [7, 11) is -2.15. The Morgan fingerprint density at radius 1 is 1.38 bits per heavy atom. The van der Waals surface area contributed by atoms with E-state index in [4.69, 9.17) is 28.3 Å². The lowest BCUT2D eigenvalue weighted by Gasteiger charge is -2.09. The van der Waals surface area contributed by atoms with Crippen LogP contribution in [0.25, 0.3) is 0 Å². The molecule has 0 fully saturated rings. The number of aromatic carboxylic acids is 1. The van der Waals surface area contributed by atoms with Gasteiger partial charge in [0, 0.05) is 18.8 Å². The van der Waals surface area contributed by atoms with Gasteiger partial charge in [0.1, 0.15) is 0 Å². The van der Waals surface area contributed by atoms with Gasteiger partial charge in [-0.1, -0.05) is 23.2 Å². The maximum atomic E-state index is 12.4. The number of halogens is 2. The molecular formula is C12H10Cl2N2O4S. The maximum Gasteiger partial charge on any atom is 0.338 e. The zero-order valence-electron chi connectivity index (χ0n) is 10.7. The van der Waals surface area contributed by atoms with Crippen molar-refractivity contribution in [2.75, 3.05) is 0 Å². The summed E-state index contributed by atoms with van der Waals surface area (Å²) in [6.07, 6.45) is 2.97. The fourth-order valence-corrected chi connectivity index (χ4v) is 4.09. The van der Waals surface area contributed by atoms with Gasteiger partial charge in [-0.05, 0) is 12.1 Å². The third-order valence-corrected chi connectivity index (χ3v) is 5.26. The molecule has 0 aliphatic rings. The molecule has 112 valence electrons. The number of carboxylic acid groups (broad SMARTS) is 1. The fourth-order valence-electron chi connectivity index (χ4n) is 1.81. The molecule has 21 heavy (non-hydrogen) atoms. The van der Waals surface area contributed by atoms with Crippen molar-refractivity contribution < 1.29 is 18.3 Å². The number of sulfone groups is 1. The van der Waals surface area contributed by atoms with Gasteiger partial charge in [0.25, 0.3) is 0 Å². The van der Waals surface area contributed by atoms with Crippen LogP contribution in [0, 0.1) is 0 Å². The van der Waals surface area contributed by atoms with Crippen molar-refractivity contribution in [1.29, 1.82) is 0 Å². The third kappa shape index (κ3) is 3.20. The van der Waals surface area contributed by atoms with E-state index in [1.165, 1.54) is 23.0 Å². The number of carbonyl (C=O) groups is 1. The highest BCUT2D eigenvalue weighted by Crippen LogP contribution is 2.32. The maximum absolute atomic E-state index is 12.4. The van der Waals surface area contributed by atoms with Crippen LogP contribution in [0.3, 0.4) is 0 Å². The highest BCUT2D eigenvalue weighted by Gasteiger charge is 2.25. The van der Waals surface area contributed by atoms with E-state index in [0.29, 0.717) is 5.56 Å². The van der Waals surface area contributed by atoms with E-state index >= 15 is 0 Å². The monoisotopic (exact) mass is 348 g/mol. The van der Waals surface area contributed by atoms with Crippen LogP contribution in [0.4, 0.5) is 0 Å². The normalized spacial score (nSPS) is 11.6. The number of hydrogen-bond acceptors (Lipinski definition) is 4. The predicted molar refractivity (Wildman–Crippen MR) is 77.5 cm³/mol. The highest BCUT2D eigenvalue weighted by molar-refractivity contribution is 7.90. The Morgan fingerprint density at radius 3 is 2.57 bits per heavy atom. The minimum atomic E-state index is -3.81. The summed E-state index contributed by atoms with van der Waals surface area (Å²) in [6, 6.07) is 2.40. The van der Waals surface area contributed by atoms with Crippen LogP contribution in [0.5, 0.6) is 0 Å². The fraction of sp³-hybridized carbons (Fsp3) is 0.167. The number of hydrogen-bond donors (Lipinski definition) is 1. The van der Waals surface area contributed by atoms with Crippen molar-refractivity contribution in [3.8, 4) is 0 Å². The Bertz CT molecular complexity index is 815. The average molecular weight is 349 g/mol. The van der Waals surface area contributed by atoms with Crippen LogP contribution in [0.15, 0.2) is 29.4 Å². The van der Waals surface area contributed by atoms with Crippen molar-refractivity contribution in [1.82, 2.24) is 9.78 Å². The Hall–Kier alpha value is -1.57. The number of benzene rings is 1. The first kappa shape index (κ1) is 15.8. The van der Waals surface area contributed by atoms with Gasteiger partial charge in [0.15, 0.2) is 9.84 Å². The zero-order valence-corrected chi connectivity index (χ0v) is 13.1. The number of aryl methyl sites for hydroxylation is 1. The summed E-state index contributed by atoms with van der Waals surface area (Å²) < 4.78 is 26.2. The molecule has 1 heterocycles. The Labute approximate surface area is 130 Å². The molecule has 0 radical (unpaired) electrons. The molecular weight excluding hydrogens is 339 g/mol. The summed E-state index contributed by atoms with van der Waals surface area (Å²) in [5, 5.41) is 12.4. The van der Waals surface area contributed by atoms with E-state index in [2.05, 4.69) is 5.10 Å². The van der Waals surface area contributed by atoms with Gasteiger partial charge in [0.2, 0.25) is 0 Å². The van der Waals surface area contributed by atoms with E-state index < -0.39 is 21.4 Å². The van der Waals surface area contributed by atoms with E-state index in [0.717, 1.165) is 0 Å². The number of aromatic nitrogens is 2. The van der Waals surface area contributed by atoms with Crippen LogP contribution in [0.2, 0.25) is 10.0 Å². The summed E-state index contributed by atoms with van der Waals surface area (Å²) >= 11 is 11.6. The standard InChI is InChI=1S/C12H10Cl2N2O4S/c1-16-5-7(4-15-16)6-21(19,20)9-3-2-8(13)10(11(9)14)12(17)18/h2-5H,6H2,1H3,(H,17,18). The van der Waals surface area contributed by atoms with Crippen LogP contribution in [0.1, 0.15) is 15.9 Å². The summed E-state index contributed by atoms with van der Waals surface area (Å²) in [5.41, 5.74) is 0.0472. The molecule has 2 rings (SSSR count). The van der Waals surface area contributed by atoms with Crippen molar-refractivity contribution in [2.45, 2.75) is 10.6 Å². The van der Waals surface area contributed by atoms with Crippen LogP contribution >= 0.6 is 23.2 Å². The van der Waals surface area contributed by atoms with Gasteiger partial charge in [-0.3, -0.25) is 4.68 Å². The number of rotatable bonds is 4. The lowest BCUT2D eigenvalue weighted by molar-refractivity contribution is 0.0697. The van der Waals surface area contributed by atoms with E-state index in [-0.39, 0.29) is 20.7 Å². The van der Waals surface area contributed by atoms with Crippen LogP contribution < -0.4 is 0 Å². The molecule has 1 aromatic heterocycles. The molecule has 0 atom stereocenters. The van der Waals surface area contributed by atoms with Gasteiger partial charge < -0.3 is 5.11 Å². The molecule has 1 aromatic carbocycles. The summed E-state index contributed by atoms with van der Waals surface area (Å²) in [5.74, 6) is -1.72. The molecule has 0 bridgehead atoms. The quantitative estimate of drug-likeness (QED) is 0.916. The first-order chi connectivity index (χ1) is 9.72. The topological polar surface area (TPSA) is 89.3 Å². The number of nitrogens with zero attached hydrogens (tertiary/aromatic N) is 2. The number of carboxylic acids is 1. The Balaban J connectivity index is 2.50. The molecule has 0 aliphatic heterocycles. The van der Waals surface area contributed by atoms with Crippen molar-refractivity contribution >= 4 is 39.0 Å². The molecule has 1 N–H and O–H groups in total. The molecule has 2 aromatic rings. The Kier molecular flexibility index (Phi) is 4.27. The first-order valence-corrected chi connectivity index (χ1v) is 8.05. The Morgan fingerprint density at radius 2 is 2.05 bits per heavy atom. The molecule has 9 heteroatoms.